The number of rotatable bonds is 9. The second kappa shape index (κ2) is 8.46. The van der Waals surface area contributed by atoms with Gasteiger partial charge in [-0.1, -0.05) is 13.8 Å². The van der Waals surface area contributed by atoms with Crippen molar-refractivity contribution in [3.05, 3.63) is 23.7 Å². The van der Waals surface area contributed by atoms with Gasteiger partial charge in [-0.3, -0.25) is 4.79 Å². The lowest BCUT2D eigenvalue weighted by Gasteiger charge is -2.14. The normalized spacial score (nSPS) is 12.4. The van der Waals surface area contributed by atoms with Gasteiger partial charge in [-0.15, -0.1) is 0 Å². The van der Waals surface area contributed by atoms with E-state index in [0.29, 0.717) is 18.3 Å². The van der Waals surface area contributed by atoms with Crippen LogP contribution in [0.3, 0.4) is 0 Å². The molecule has 0 aliphatic rings. The topological polar surface area (TPSA) is 88.8 Å². The number of ether oxygens (including phenoxy) is 1. The van der Waals surface area contributed by atoms with Crippen LogP contribution in [0.25, 0.3) is 0 Å². The molecule has 0 saturated carbocycles. The van der Waals surface area contributed by atoms with Crippen molar-refractivity contribution in [2.45, 2.75) is 46.3 Å². The van der Waals surface area contributed by atoms with Gasteiger partial charge >= 0.3 is 5.97 Å². The van der Waals surface area contributed by atoms with Crippen molar-refractivity contribution in [3.63, 3.8) is 0 Å². The van der Waals surface area contributed by atoms with E-state index in [-0.39, 0.29) is 30.7 Å². The number of hydrogen-bond donors (Lipinski definition) is 2. The van der Waals surface area contributed by atoms with Crippen LogP contribution in [0.1, 0.15) is 49.9 Å². The van der Waals surface area contributed by atoms with Gasteiger partial charge in [0.05, 0.1) is 19.3 Å². The number of hydrogen-bond acceptors (Lipinski definition) is 4. The Labute approximate surface area is 124 Å². The summed E-state index contributed by atoms with van der Waals surface area (Å²) in [5, 5.41) is 11.4. The molecule has 0 bridgehead atoms. The number of nitrogens with one attached hydrogen (secondary N) is 1. The molecule has 0 spiro atoms. The number of carboxylic acids is 1. The smallest absolute Gasteiger partial charge is 0.371 e. The average Bonchev–Trinajstić information content (AvgIpc) is 2.84. The SMILES string of the molecule is CC(C)CC(C)OCCC(=O)NCc1ccc(C(=O)O)o1. The molecule has 1 aromatic rings. The van der Waals surface area contributed by atoms with Gasteiger partial charge in [0, 0.05) is 6.42 Å². The fraction of sp³-hybridized carbons (Fsp3) is 0.600. The molecule has 1 aromatic heterocycles. The number of carboxylic acid groups (broad SMARTS) is 1. The summed E-state index contributed by atoms with van der Waals surface area (Å²) in [5.41, 5.74) is 0. The maximum absolute atomic E-state index is 11.6. The molecule has 21 heavy (non-hydrogen) atoms. The molecule has 1 amide bonds. The monoisotopic (exact) mass is 297 g/mol. The highest BCUT2D eigenvalue weighted by atomic mass is 16.5. The molecule has 2 N–H and O–H groups in total. The molecular formula is C15H23NO5. The zero-order valence-corrected chi connectivity index (χ0v) is 12.7. The number of carbonyl (C=O) groups is 2. The second-order valence-corrected chi connectivity index (χ2v) is 5.41. The molecular weight excluding hydrogens is 274 g/mol. The van der Waals surface area contributed by atoms with Crippen LogP contribution < -0.4 is 5.32 Å². The van der Waals surface area contributed by atoms with Crippen molar-refractivity contribution in [1.29, 1.82) is 0 Å². The molecule has 1 unspecified atom stereocenters. The van der Waals surface area contributed by atoms with E-state index in [2.05, 4.69) is 19.2 Å². The van der Waals surface area contributed by atoms with Gasteiger partial charge < -0.3 is 19.6 Å². The Morgan fingerprint density at radius 2 is 2.05 bits per heavy atom. The molecule has 118 valence electrons. The molecule has 6 nitrogen and oxygen atoms in total. The van der Waals surface area contributed by atoms with Crippen molar-refractivity contribution < 1.29 is 23.8 Å². The first kappa shape index (κ1) is 17.2. The van der Waals surface area contributed by atoms with Crippen molar-refractivity contribution in [2.24, 2.45) is 5.92 Å². The molecule has 6 heteroatoms. The third-order valence-corrected chi connectivity index (χ3v) is 2.87. The Morgan fingerprint density at radius 3 is 2.62 bits per heavy atom. The molecule has 0 aliphatic carbocycles. The predicted octanol–water partition coefficient (Wildman–Crippen LogP) is 2.44. The van der Waals surface area contributed by atoms with Gasteiger partial charge in [-0.05, 0) is 31.4 Å². The third-order valence-electron chi connectivity index (χ3n) is 2.87. The molecule has 0 saturated heterocycles. The summed E-state index contributed by atoms with van der Waals surface area (Å²) in [5.74, 6) is -0.434. The Kier molecular flexibility index (Phi) is 6.94. The summed E-state index contributed by atoms with van der Waals surface area (Å²) in [6.45, 7) is 6.79. The maximum atomic E-state index is 11.6. The Balaban J connectivity index is 2.20. The third kappa shape index (κ3) is 6.94. The highest BCUT2D eigenvalue weighted by Gasteiger charge is 2.10. The van der Waals surface area contributed by atoms with Gasteiger partial charge in [0.25, 0.3) is 0 Å². The van der Waals surface area contributed by atoms with Crippen molar-refractivity contribution >= 4 is 11.9 Å². The van der Waals surface area contributed by atoms with E-state index in [0.717, 1.165) is 6.42 Å². The van der Waals surface area contributed by atoms with Crippen LogP contribution in [0.4, 0.5) is 0 Å². The number of carbonyl (C=O) groups excluding carboxylic acids is 1. The van der Waals surface area contributed by atoms with Crippen LogP contribution >= 0.6 is 0 Å². The summed E-state index contributed by atoms with van der Waals surface area (Å²) in [6, 6.07) is 2.89. The number of amides is 1. The minimum atomic E-state index is -1.12. The molecule has 0 aliphatic heterocycles. The standard InChI is InChI=1S/C15H23NO5/c1-10(2)8-11(3)20-7-6-14(17)16-9-12-4-5-13(21-12)15(18)19/h4-5,10-11H,6-9H2,1-3H3,(H,16,17)(H,18,19). The summed E-state index contributed by atoms with van der Waals surface area (Å²) < 4.78 is 10.6. The summed E-state index contributed by atoms with van der Waals surface area (Å²) in [4.78, 5) is 22.2. The highest BCUT2D eigenvalue weighted by molar-refractivity contribution is 5.84. The van der Waals surface area contributed by atoms with E-state index in [4.69, 9.17) is 14.3 Å². The van der Waals surface area contributed by atoms with Crippen LogP contribution in [0.15, 0.2) is 16.5 Å². The lowest BCUT2D eigenvalue weighted by Crippen LogP contribution is -2.24. The molecule has 0 fully saturated rings. The fourth-order valence-electron chi connectivity index (χ4n) is 1.95. The first-order valence-electron chi connectivity index (χ1n) is 7.08. The van der Waals surface area contributed by atoms with E-state index in [1.165, 1.54) is 12.1 Å². The quantitative estimate of drug-likeness (QED) is 0.730. The van der Waals surface area contributed by atoms with Gasteiger partial charge in [-0.2, -0.15) is 0 Å². The van der Waals surface area contributed by atoms with Crippen LogP contribution in [0, 0.1) is 5.92 Å². The molecule has 1 heterocycles. The number of aromatic carboxylic acids is 1. The van der Waals surface area contributed by atoms with E-state index in [9.17, 15) is 9.59 Å². The lowest BCUT2D eigenvalue weighted by atomic mass is 10.1. The second-order valence-electron chi connectivity index (χ2n) is 5.41. The van der Waals surface area contributed by atoms with Gasteiger partial charge in [-0.25, -0.2) is 4.79 Å². The predicted molar refractivity (Wildman–Crippen MR) is 77.0 cm³/mol. The van der Waals surface area contributed by atoms with E-state index < -0.39 is 5.97 Å². The largest absolute Gasteiger partial charge is 0.475 e. The highest BCUT2D eigenvalue weighted by Crippen LogP contribution is 2.08. The zero-order chi connectivity index (χ0) is 15.8. The first-order valence-corrected chi connectivity index (χ1v) is 7.08. The van der Waals surface area contributed by atoms with Crippen LogP contribution in [0.5, 0.6) is 0 Å². The molecule has 1 atom stereocenters. The van der Waals surface area contributed by atoms with Crippen LogP contribution in [0.2, 0.25) is 0 Å². The lowest BCUT2D eigenvalue weighted by molar-refractivity contribution is -0.122. The fourth-order valence-corrected chi connectivity index (χ4v) is 1.95. The van der Waals surface area contributed by atoms with Crippen molar-refractivity contribution in [1.82, 2.24) is 5.32 Å². The summed E-state index contributed by atoms with van der Waals surface area (Å²) in [6.07, 6.45) is 1.38. The maximum Gasteiger partial charge on any atom is 0.371 e. The molecule has 0 radical (unpaired) electrons. The van der Waals surface area contributed by atoms with Crippen LogP contribution in [-0.4, -0.2) is 29.7 Å². The average molecular weight is 297 g/mol. The van der Waals surface area contributed by atoms with Gasteiger partial charge in [0.1, 0.15) is 5.76 Å². The van der Waals surface area contributed by atoms with Gasteiger partial charge in [0.2, 0.25) is 11.7 Å². The summed E-state index contributed by atoms with van der Waals surface area (Å²) >= 11 is 0. The summed E-state index contributed by atoms with van der Waals surface area (Å²) in [7, 11) is 0. The zero-order valence-electron chi connectivity index (χ0n) is 12.7. The van der Waals surface area contributed by atoms with Crippen molar-refractivity contribution in [3.8, 4) is 0 Å². The van der Waals surface area contributed by atoms with Gasteiger partial charge in [0.15, 0.2) is 0 Å². The minimum Gasteiger partial charge on any atom is -0.475 e. The Bertz CT molecular complexity index is 466. The molecule has 1 rings (SSSR count). The van der Waals surface area contributed by atoms with E-state index in [1.54, 1.807) is 0 Å². The molecule has 0 aromatic carbocycles. The number of furan rings is 1. The Morgan fingerprint density at radius 1 is 1.33 bits per heavy atom. The van der Waals surface area contributed by atoms with Crippen LogP contribution in [-0.2, 0) is 16.1 Å². The van der Waals surface area contributed by atoms with E-state index in [1.807, 2.05) is 6.92 Å². The minimum absolute atomic E-state index is 0.134. The van der Waals surface area contributed by atoms with Crippen molar-refractivity contribution in [2.75, 3.05) is 6.61 Å². The van der Waals surface area contributed by atoms with E-state index >= 15 is 0 Å². The first-order chi connectivity index (χ1) is 9.88. The Hall–Kier alpha value is -1.82.